The van der Waals surface area contributed by atoms with Gasteiger partial charge in [-0.1, -0.05) is 12.1 Å². The SMILES string of the molecule is Cc1csc(-c2ccc(C)c(C3C(=O)C(C)(C)OC(C)(C)C3=O)c2)n1. The first kappa shape index (κ1) is 18.0. The minimum atomic E-state index is -0.998. The van der Waals surface area contributed by atoms with Crippen molar-refractivity contribution in [3.8, 4) is 10.6 Å². The van der Waals surface area contributed by atoms with Crippen molar-refractivity contribution >= 4 is 22.9 Å². The normalized spacial score (nSPS) is 20.1. The van der Waals surface area contributed by atoms with Crippen molar-refractivity contribution in [1.29, 1.82) is 0 Å². The third-order valence-corrected chi connectivity index (χ3v) is 5.69. The maximum Gasteiger partial charge on any atom is 0.179 e. The molecule has 1 aromatic carbocycles. The van der Waals surface area contributed by atoms with Gasteiger partial charge in [-0.3, -0.25) is 9.59 Å². The van der Waals surface area contributed by atoms with Gasteiger partial charge in [-0.25, -0.2) is 4.98 Å². The van der Waals surface area contributed by atoms with Crippen molar-refractivity contribution in [3.63, 3.8) is 0 Å². The first-order chi connectivity index (χ1) is 11.5. The van der Waals surface area contributed by atoms with Crippen LogP contribution in [-0.2, 0) is 14.3 Å². The van der Waals surface area contributed by atoms with Gasteiger partial charge in [-0.2, -0.15) is 0 Å². The molecule has 25 heavy (non-hydrogen) atoms. The lowest BCUT2D eigenvalue weighted by Crippen LogP contribution is -2.58. The Hall–Kier alpha value is -1.85. The molecule has 3 rings (SSSR count). The Balaban J connectivity index is 2.13. The van der Waals surface area contributed by atoms with Gasteiger partial charge in [-0.05, 0) is 58.7 Å². The summed E-state index contributed by atoms with van der Waals surface area (Å²) in [6.45, 7) is 10.8. The van der Waals surface area contributed by atoms with E-state index in [-0.39, 0.29) is 11.6 Å². The van der Waals surface area contributed by atoms with Crippen LogP contribution < -0.4 is 0 Å². The molecular formula is C20H23NO3S. The zero-order valence-corrected chi connectivity index (χ0v) is 16.3. The first-order valence-electron chi connectivity index (χ1n) is 8.35. The van der Waals surface area contributed by atoms with E-state index in [1.807, 2.05) is 37.4 Å². The van der Waals surface area contributed by atoms with Gasteiger partial charge in [0.2, 0.25) is 0 Å². The Morgan fingerprint density at radius 1 is 1.04 bits per heavy atom. The Bertz CT molecular complexity index is 838. The molecule has 1 fully saturated rings. The third-order valence-electron chi connectivity index (χ3n) is 4.68. The van der Waals surface area contributed by atoms with E-state index in [9.17, 15) is 9.59 Å². The third kappa shape index (κ3) is 3.07. The summed E-state index contributed by atoms with van der Waals surface area (Å²) in [5.74, 6) is -1.18. The Morgan fingerprint density at radius 2 is 1.64 bits per heavy atom. The molecule has 0 radical (unpaired) electrons. The summed E-state index contributed by atoms with van der Waals surface area (Å²) in [5, 5.41) is 2.88. The minimum Gasteiger partial charge on any atom is -0.354 e. The molecule has 4 nitrogen and oxygen atoms in total. The van der Waals surface area contributed by atoms with E-state index in [0.717, 1.165) is 27.4 Å². The summed E-state index contributed by atoms with van der Waals surface area (Å²) >= 11 is 1.56. The summed E-state index contributed by atoms with van der Waals surface area (Å²) < 4.78 is 5.79. The Morgan fingerprint density at radius 3 is 2.16 bits per heavy atom. The molecule has 1 saturated heterocycles. The highest BCUT2D eigenvalue weighted by Gasteiger charge is 2.53. The highest BCUT2D eigenvalue weighted by Crippen LogP contribution is 2.40. The molecule has 0 amide bonds. The Labute approximate surface area is 152 Å². The van der Waals surface area contributed by atoms with Gasteiger partial charge in [0.05, 0.1) is 0 Å². The van der Waals surface area contributed by atoms with E-state index in [2.05, 4.69) is 4.98 Å². The number of hydrogen-bond acceptors (Lipinski definition) is 5. The van der Waals surface area contributed by atoms with E-state index >= 15 is 0 Å². The molecule has 0 unspecified atom stereocenters. The molecule has 0 aliphatic carbocycles. The number of hydrogen-bond donors (Lipinski definition) is 0. The summed E-state index contributed by atoms with van der Waals surface area (Å²) in [5.41, 5.74) is 1.58. The second kappa shape index (κ2) is 5.85. The number of nitrogens with zero attached hydrogens (tertiary/aromatic N) is 1. The number of aromatic nitrogens is 1. The van der Waals surface area contributed by atoms with Crippen LogP contribution in [0.15, 0.2) is 23.6 Å². The van der Waals surface area contributed by atoms with Gasteiger partial charge < -0.3 is 4.74 Å². The fourth-order valence-corrected chi connectivity index (χ4v) is 4.20. The molecule has 2 heterocycles. The summed E-state index contributed by atoms with van der Waals surface area (Å²) in [6, 6.07) is 5.88. The molecule has 0 spiro atoms. The van der Waals surface area contributed by atoms with E-state index in [4.69, 9.17) is 4.74 Å². The number of carbonyl (C=O) groups is 2. The Kier molecular flexibility index (Phi) is 4.20. The first-order valence-corrected chi connectivity index (χ1v) is 9.23. The van der Waals surface area contributed by atoms with Gasteiger partial charge in [0.1, 0.15) is 22.1 Å². The average Bonchev–Trinajstić information content (AvgIpc) is 2.93. The van der Waals surface area contributed by atoms with Gasteiger partial charge >= 0.3 is 0 Å². The van der Waals surface area contributed by atoms with Gasteiger partial charge in [-0.15, -0.1) is 11.3 Å². The van der Waals surface area contributed by atoms with Crippen molar-refractivity contribution in [3.05, 3.63) is 40.4 Å². The zero-order valence-electron chi connectivity index (χ0n) is 15.5. The van der Waals surface area contributed by atoms with Crippen LogP contribution in [0.1, 0.15) is 50.4 Å². The van der Waals surface area contributed by atoms with Crippen LogP contribution in [0.4, 0.5) is 0 Å². The zero-order chi connectivity index (χ0) is 18.6. The summed E-state index contributed by atoms with van der Waals surface area (Å²) in [6.07, 6.45) is 0. The lowest BCUT2D eigenvalue weighted by molar-refractivity contribution is -0.184. The van der Waals surface area contributed by atoms with Crippen LogP contribution in [0, 0.1) is 13.8 Å². The lowest BCUT2D eigenvalue weighted by Gasteiger charge is -2.43. The van der Waals surface area contributed by atoms with Crippen LogP contribution in [0.2, 0.25) is 0 Å². The molecule has 0 saturated carbocycles. The standard InChI is InChI=1S/C20H23NO3S/c1-11-7-8-13(18-21-12(2)10-25-18)9-14(11)15-16(22)19(3,4)24-20(5,6)17(15)23/h7-10,15H,1-6H3. The highest BCUT2D eigenvalue weighted by molar-refractivity contribution is 7.13. The number of aryl methyl sites for hydroxylation is 2. The highest BCUT2D eigenvalue weighted by atomic mass is 32.1. The predicted octanol–water partition coefficient (Wildman–Crippen LogP) is 4.24. The summed E-state index contributed by atoms with van der Waals surface area (Å²) in [4.78, 5) is 30.5. The van der Waals surface area contributed by atoms with Crippen molar-refractivity contribution < 1.29 is 14.3 Å². The number of thiazole rings is 1. The van der Waals surface area contributed by atoms with Gasteiger partial charge in [0.15, 0.2) is 11.6 Å². The van der Waals surface area contributed by atoms with Crippen molar-refractivity contribution in [2.75, 3.05) is 0 Å². The molecule has 5 heteroatoms. The maximum absolute atomic E-state index is 13.0. The molecule has 1 aromatic heterocycles. The fourth-order valence-electron chi connectivity index (χ4n) is 3.41. The minimum absolute atomic E-state index is 0.188. The molecule has 2 aromatic rings. The van der Waals surface area contributed by atoms with Crippen LogP contribution in [0.5, 0.6) is 0 Å². The fraction of sp³-hybridized carbons (Fsp3) is 0.450. The molecule has 0 atom stereocenters. The maximum atomic E-state index is 13.0. The number of carbonyl (C=O) groups excluding carboxylic acids is 2. The smallest absolute Gasteiger partial charge is 0.179 e. The largest absolute Gasteiger partial charge is 0.354 e. The monoisotopic (exact) mass is 357 g/mol. The van der Waals surface area contributed by atoms with Crippen LogP contribution in [0.3, 0.4) is 0 Å². The number of ether oxygens (including phenoxy) is 1. The molecule has 0 bridgehead atoms. The lowest BCUT2D eigenvalue weighted by atomic mass is 9.74. The predicted molar refractivity (Wildman–Crippen MR) is 99.0 cm³/mol. The topological polar surface area (TPSA) is 56.3 Å². The summed E-state index contributed by atoms with van der Waals surface area (Å²) in [7, 11) is 0. The van der Waals surface area contributed by atoms with E-state index in [1.165, 1.54) is 0 Å². The van der Waals surface area contributed by atoms with E-state index in [0.29, 0.717) is 0 Å². The number of ketones is 2. The van der Waals surface area contributed by atoms with Crippen LogP contribution >= 0.6 is 11.3 Å². The van der Waals surface area contributed by atoms with Gasteiger partial charge in [0, 0.05) is 16.6 Å². The van der Waals surface area contributed by atoms with E-state index in [1.54, 1.807) is 39.0 Å². The molecule has 132 valence electrons. The van der Waals surface area contributed by atoms with Crippen LogP contribution in [0.25, 0.3) is 10.6 Å². The molecular weight excluding hydrogens is 334 g/mol. The number of rotatable bonds is 2. The second-order valence-electron chi connectivity index (χ2n) is 7.65. The van der Waals surface area contributed by atoms with Crippen molar-refractivity contribution in [2.45, 2.75) is 58.7 Å². The number of Topliss-reactive ketones (excluding diaryl/α,β-unsaturated/α-hetero) is 2. The molecule has 0 N–H and O–H groups in total. The molecule has 1 aliphatic heterocycles. The van der Waals surface area contributed by atoms with Crippen molar-refractivity contribution in [1.82, 2.24) is 4.98 Å². The van der Waals surface area contributed by atoms with E-state index < -0.39 is 17.1 Å². The average molecular weight is 357 g/mol. The quantitative estimate of drug-likeness (QED) is 0.755. The van der Waals surface area contributed by atoms with Crippen LogP contribution in [-0.4, -0.2) is 27.8 Å². The second-order valence-corrected chi connectivity index (χ2v) is 8.51. The van der Waals surface area contributed by atoms with Crippen molar-refractivity contribution in [2.24, 2.45) is 0 Å². The molecule has 1 aliphatic rings. The number of benzene rings is 1. The van der Waals surface area contributed by atoms with Gasteiger partial charge in [0.25, 0.3) is 0 Å².